The van der Waals surface area contributed by atoms with Crippen LogP contribution in [0.5, 0.6) is 5.75 Å². The van der Waals surface area contributed by atoms with Crippen LogP contribution in [0.2, 0.25) is 0 Å². The van der Waals surface area contributed by atoms with Crippen molar-refractivity contribution in [3.63, 3.8) is 0 Å². The van der Waals surface area contributed by atoms with E-state index in [1.807, 2.05) is 12.1 Å². The van der Waals surface area contributed by atoms with E-state index >= 15 is 0 Å². The molecule has 0 N–H and O–H groups in total. The molecule has 0 atom stereocenters. The molecular weight excluding hydrogens is 226 g/mol. The van der Waals surface area contributed by atoms with E-state index in [0.29, 0.717) is 5.75 Å². The Labute approximate surface area is 108 Å². The van der Waals surface area contributed by atoms with Crippen molar-refractivity contribution in [1.29, 1.82) is 0 Å². The van der Waals surface area contributed by atoms with Crippen LogP contribution in [-0.2, 0) is 0 Å². The van der Waals surface area contributed by atoms with E-state index in [9.17, 15) is 4.79 Å². The number of nitrogens with zero attached hydrogens (tertiary/aromatic N) is 1. The number of ether oxygens (including phenoxy) is 1. The molecule has 3 rings (SSSR count). The van der Waals surface area contributed by atoms with Gasteiger partial charge in [0, 0.05) is 13.1 Å². The van der Waals surface area contributed by atoms with E-state index in [1.54, 1.807) is 4.90 Å². The summed E-state index contributed by atoms with van der Waals surface area (Å²) in [6, 6.07) is 7.98. The Bertz CT molecular complexity index is 417. The smallest absolute Gasteiger partial charge is 0.410 e. The molecule has 0 spiro atoms. The van der Waals surface area contributed by atoms with Gasteiger partial charge in [-0.15, -0.1) is 0 Å². The second-order valence-electron chi connectivity index (χ2n) is 5.26. The standard InChI is InChI=1S/C15H19NO2/c17-15(16-10-2-1-3-11-16)18-14-8-6-13(7-9-14)12-4-5-12/h6-9,12H,1-5,10-11H2. The first-order valence-electron chi connectivity index (χ1n) is 6.89. The van der Waals surface area contributed by atoms with Crippen LogP contribution in [0.1, 0.15) is 43.6 Å². The number of benzene rings is 1. The molecule has 1 heterocycles. The van der Waals surface area contributed by atoms with Gasteiger partial charge in [-0.3, -0.25) is 0 Å². The second-order valence-corrected chi connectivity index (χ2v) is 5.26. The highest BCUT2D eigenvalue weighted by atomic mass is 16.6. The minimum Gasteiger partial charge on any atom is -0.410 e. The van der Waals surface area contributed by atoms with Crippen molar-refractivity contribution in [3.05, 3.63) is 29.8 Å². The lowest BCUT2D eigenvalue weighted by molar-refractivity contribution is 0.142. The van der Waals surface area contributed by atoms with Gasteiger partial charge in [-0.05, 0) is 55.7 Å². The number of likely N-dealkylation sites (tertiary alicyclic amines) is 1. The fourth-order valence-corrected chi connectivity index (χ4v) is 2.47. The fourth-order valence-electron chi connectivity index (χ4n) is 2.47. The number of rotatable bonds is 2. The highest BCUT2D eigenvalue weighted by molar-refractivity contribution is 5.70. The first-order valence-corrected chi connectivity index (χ1v) is 6.89. The molecule has 1 saturated carbocycles. The average molecular weight is 245 g/mol. The minimum atomic E-state index is -0.200. The van der Waals surface area contributed by atoms with Gasteiger partial charge in [0.25, 0.3) is 0 Å². The van der Waals surface area contributed by atoms with Crippen LogP contribution in [0.3, 0.4) is 0 Å². The molecule has 1 aliphatic heterocycles. The van der Waals surface area contributed by atoms with Gasteiger partial charge in [0.2, 0.25) is 0 Å². The van der Waals surface area contributed by atoms with Crippen LogP contribution in [0, 0.1) is 0 Å². The lowest BCUT2D eigenvalue weighted by atomic mass is 10.1. The molecule has 18 heavy (non-hydrogen) atoms. The van der Waals surface area contributed by atoms with Crippen LogP contribution < -0.4 is 4.74 Å². The quantitative estimate of drug-likeness (QED) is 0.797. The Morgan fingerprint density at radius 2 is 1.72 bits per heavy atom. The summed E-state index contributed by atoms with van der Waals surface area (Å²) in [5.41, 5.74) is 1.37. The Kier molecular flexibility index (Phi) is 3.22. The molecule has 3 nitrogen and oxygen atoms in total. The van der Waals surface area contributed by atoms with Crippen LogP contribution in [-0.4, -0.2) is 24.1 Å². The third-order valence-corrected chi connectivity index (χ3v) is 3.75. The fraction of sp³-hybridized carbons (Fsp3) is 0.533. The normalized spacial score (nSPS) is 19.7. The molecule has 1 aromatic rings. The van der Waals surface area contributed by atoms with Crippen molar-refractivity contribution in [1.82, 2.24) is 4.90 Å². The second kappa shape index (κ2) is 5.01. The number of amides is 1. The third kappa shape index (κ3) is 2.66. The molecule has 0 unspecified atom stereocenters. The van der Waals surface area contributed by atoms with Gasteiger partial charge >= 0.3 is 6.09 Å². The summed E-state index contributed by atoms with van der Waals surface area (Å²) in [4.78, 5) is 13.7. The highest BCUT2D eigenvalue weighted by Crippen LogP contribution is 2.40. The van der Waals surface area contributed by atoms with Gasteiger partial charge in [0.15, 0.2) is 0 Å². The summed E-state index contributed by atoms with van der Waals surface area (Å²) in [5.74, 6) is 1.41. The van der Waals surface area contributed by atoms with E-state index in [0.717, 1.165) is 31.8 Å². The first-order chi connectivity index (χ1) is 8.83. The maximum Gasteiger partial charge on any atom is 0.415 e. The summed E-state index contributed by atoms with van der Waals surface area (Å²) >= 11 is 0. The zero-order valence-electron chi connectivity index (χ0n) is 10.6. The molecule has 1 aromatic carbocycles. The molecule has 2 aliphatic rings. The van der Waals surface area contributed by atoms with E-state index in [1.165, 1.54) is 24.8 Å². The van der Waals surface area contributed by atoms with Gasteiger partial charge in [0.05, 0.1) is 0 Å². The molecule has 0 radical (unpaired) electrons. The van der Waals surface area contributed by atoms with Gasteiger partial charge in [-0.1, -0.05) is 12.1 Å². The third-order valence-electron chi connectivity index (χ3n) is 3.75. The Morgan fingerprint density at radius 1 is 1.06 bits per heavy atom. The molecule has 0 bridgehead atoms. The van der Waals surface area contributed by atoms with Crippen molar-refractivity contribution < 1.29 is 9.53 Å². The Balaban J connectivity index is 1.59. The zero-order valence-corrected chi connectivity index (χ0v) is 10.6. The van der Waals surface area contributed by atoms with E-state index in [4.69, 9.17) is 4.74 Å². The van der Waals surface area contributed by atoms with Gasteiger partial charge < -0.3 is 9.64 Å². The number of carbonyl (C=O) groups is 1. The van der Waals surface area contributed by atoms with Crippen molar-refractivity contribution in [2.45, 2.75) is 38.0 Å². The largest absolute Gasteiger partial charge is 0.415 e. The topological polar surface area (TPSA) is 29.5 Å². The van der Waals surface area contributed by atoms with Gasteiger partial charge in [-0.25, -0.2) is 4.79 Å². The number of hydrogen-bond donors (Lipinski definition) is 0. The lowest BCUT2D eigenvalue weighted by Gasteiger charge is -2.25. The predicted octanol–water partition coefficient (Wildman–Crippen LogP) is 3.55. The first kappa shape index (κ1) is 11.6. The highest BCUT2D eigenvalue weighted by Gasteiger charge is 2.23. The number of hydrogen-bond acceptors (Lipinski definition) is 2. The maximum absolute atomic E-state index is 11.9. The molecule has 2 fully saturated rings. The van der Waals surface area contributed by atoms with Crippen LogP contribution in [0.25, 0.3) is 0 Å². The molecule has 3 heteroatoms. The van der Waals surface area contributed by atoms with E-state index in [-0.39, 0.29) is 6.09 Å². The summed E-state index contributed by atoms with van der Waals surface area (Å²) in [6.45, 7) is 1.66. The monoisotopic (exact) mass is 245 g/mol. The molecular formula is C15H19NO2. The number of piperidine rings is 1. The van der Waals surface area contributed by atoms with Crippen LogP contribution >= 0.6 is 0 Å². The number of carbonyl (C=O) groups excluding carboxylic acids is 1. The van der Waals surface area contributed by atoms with E-state index in [2.05, 4.69) is 12.1 Å². The molecule has 0 aromatic heterocycles. The molecule has 1 amide bonds. The van der Waals surface area contributed by atoms with Crippen LogP contribution in [0.15, 0.2) is 24.3 Å². The Hall–Kier alpha value is -1.51. The average Bonchev–Trinajstić information content (AvgIpc) is 3.25. The SMILES string of the molecule is O=C(Oc1ccc(C2CC2)cc1)N1CCCCC1. The molecule has 1 saturated heterocycles. The summed E-state index contributed by atoms with van der Waals surface area (Å²) in [5, 5.41) is 0. The van der Waals surface area contributed by atoms with Crippen molar-refractivity contribution in [2.75, 3.05) is 13.1 Å². The summed E-state index contributed by atoms with van der Waals surface area (Å²) in [6.07, 6.45) is 5.80. The van der Waals surface area contributed by atoms with Crippen LogP contribution in [0.4, 0.5) is 4.79 Å². The summed E-state index contributed by atoms with van der Waals surface area (Å²) < 4.78 is 5.40. The minimum absolute atomic E-state index is 0.200. The van der Waals surface area contributed by atoms with E-state index < -0.39 is 0 Å². The van der Waals surface area contributed by atoms with Gasteiger partial charge in [-0.2, -0.15) is 0 Å². The molecule has 96 valence electrons. The lowest BCUT2D eigenvalue weighted by Crippen LogP contribution is -2.37. The van der Waals surface area contributed by atoms with Crippen molar-refractivity contribution in [3.8, 4) is 5.75 Å². The van der Waals surface area contributed by atoms with Crippen molar-refractivity contribution >= 4 is 6.09 Å². The summed E-state index contributed by atoms with van der Waals surface area (Å²) in [7, 11) is 0. The predicted molar refractivity (Wildman–Crippen MR) is 69.9 cm³/mol. The van der Waals surface area contributed by atoms with Gasteiger partial charge in [0.1, 0.15) is 5.75 Å². The van der Waals surface area contributed by atoms with Crippen molar-refractivity contribution in [2.24, 2.45) is 0 Å². The Morgan fingerprint density at radius 3 is 2.33 bits per heavy atom. The molecule has 1 aliphatic carbocycles. The zero-order chi connectivity index (χ0) is 12.4. The maximum atomic E-state index is 11.9.